The second-order valence-corrected chi connectivity index (χ2v) is 7.86. The molecule has 6 heteroatoms. The van der Waals surface area contributed by atoms with Crippen molar-refractivity contribution in [2.75, 3.05) is 31.6 Å². The quantitative estimate of drug-likeness (QED) is 0.510. The smallest absolute Gasteiger partial charge is 0.163 e. The van der Waals surface area contributed by atoms with Crippen molar-refractivity contribution in [3.63, 3.8) is 0 Å². The normalized spacial score (nSPS) is 14.6. The van der Waals surface area contributed by atoms with E-state index in [1.54, 1.807) is 17.3 Å². The van der Waals surface area contributed by atoms with Gasteiger partial charge in [-0.2, -0.15) is 0 Å². The molecule has 0 aliphatic carbocycles. The topological polar surface area (TPSA) is 64.4 Å². The number of hydrogen-bond donors (Lipinski definition) is 2. The zero-order chi connectivity index (χ0) is 20.9. The summed E-state index contributed by atoms with van der Waals surface area (Å²) in [6.07, 6.45) is 3.55. The minimum Gasteiger partial charge on any atom is -0.370 e. The molecule has 1 saturated heterocycles. The summed E-state index contributed by atoms with van der Waals surface area (Å²) in [5, 5.41) is 4.54. The van der Waals surface area contributed by atoms with E-state index in [0.717, 1.165) is 55.1 Å². The minimum atomic E-state index is 0.679. The third-order valence-corrected chi connectivity index (χ3v) is 5.66. The Balaban J connectivity index is 1.33. The van der Waals surface area contributed by atoms with Crippen LogP contribution in [0.3, 0.4) is 0 Å². The molecule has 2 N–H and O–H groups in total. The van der Waals surface area contributed by atoms with E-state index >= 15 is 0 Å². The number of para-hydroxylation sites is 1. The molecule has 0 bridgehead atoms. The molecule has 2 aromatic carbocycles. The van der Waals surface area contributed by atoms with E-state index in [1.165, 1.54) is 11.1 Å². The Bertz CT molecular complexity index is 1140. The van der Waals surface area contributed by atoms with E-state index in [4.69, 9.17) is 14.7 Å². The van der Waals surface area contributed by atoms with Crippen LogP contribution in [0.25, 0.3) is 22.3 Å². The lowest BCUT2D eigenvalue weighted by Gasteiger charge is -2.23. The Morgan fingerprint density at radius 3 is 2.48 bits per heavy atom. The molecule has 3 heterocycles. The highest BCUT2D eigenvalue weighted by molar-refractivity contribution is 5.90. The summed E-state index contributed by atoms with van der Waals surface area (Å²) in [5.74, 6) is 1.52. The molecule has 2 aromatic heterocycles. The number of hydrogen-bond acceptors (Lipinski definition) is 5. The van der Waals surface area contributed by atoms with Gasteiger partial charge in [0, 0.05) is 35.5 Å². The van der Waals surface area contributed by atoms with Crippen LogP contribution in [-0.2, 0) is 17.8 Å². The molecule has 1 fully saturated rings. The zero-order valence-corrected chi connectivity index (χ0v) is 17.4. The number of anilines is 1. The van der Waals surface area contributed by atoms with Gasteiger partial charge < -0.3 is 15.0 Å². The number of fused-ring (bicyclic) bond motifs is 1. The summed E-state index contributed by atoms with van der Waals surface area (Å²) in [7, 11) is 0. The molecule has 0 spiro atoms. The average Bonchev–Trinajstić information content (AvgIpc) is 2.84. The second kappa shape index (κ2) is 9.20. The summed E-state index contributed by atoms with van der Waals surface area (Å²) in [6.45, 7) is 5.67. The highest BCUT2D eigenvalue weighted by atomic mass is 16.5. The van der Waals surface area contributed by atoms with Crippen LogP contribution in [0.15, 0.2) is 73.1 Å². The number of rotatable bonds is 6. The molecule has 0 saturated carbocycles. The first-order valence-electron chi connectivity index (χ1n) is 10.8. The van der Waals surface area contributed by atoms with Gasteiger partial charge in [0.2, 0.25) is 0 Å². The number of morpholine rings is 1. The van der Waals surface area contributed by atoms with Crippen LogP contribution in [0.4, 0.5) is 5.82 Å². The van der Waals surface area contributed by atoms with Gasteiger partial charge in [-0.3, -0.25) is 4.98 Å². The maximum atomic E-state index is 5.45. The summed E-state index contributed by atoms with van der Waals surface area (Å²) < 4.78 is 5.45. The molecule has 1 aliphatic rings. The van der Waals surface area contributed by atoms with Crippen LogP contribution < -0.4 is 10.2 Å². The second-order valence-electron chi connectivity index (χ2n) is 7.86. The van der Waals surface area contributed by atoms with E-state index in [0.29, 0.717) is 12.4 Å². The van der Waals surface area contributed by atoms with Crippen molar-refractivity contribution in [3.8, 4) is 11.4 Å². The molecule has 0 amide bonds. The predicted molar refractivity (Wildman–Crippen MR) is 122 cm³/mol. The van der Waals surface area contributed by atoms with E-state index in [9.17, 15) is 0 Å². The van der Waals surface area contributed by atoms with Crippen molar-refractivity contribution in [1.82, 2.24) is 15.0 Å². The van der Waals surface area contributed by atoms with Gasteiger partial charge in [-0.1, -0.05) is 36.4 Å². The van der Waals surface area contributed by atoms with Gasteiger partial charge in [-0.25, -0.2) is 9.97 Å². The monoisotopic (exact) mass is 412 g/mol. The first-order chi connectivity index (χ1) is 15.3. The maximum Gasteiger partial charge on any atom is 0.163 e. The van der Waals surface area contributed by atoms with Crippen molar-refractivity contribution >= 4 is 16.7 Å². The van der Waals surface area contributed by atoms with Crippen molar-refractivity contribution in [2.45, 2.75) is 13.1 Å². The molecule has 6 nitrogen and oxygen atoms in total. The maximum absolute atomic E-state index is 5.45. The van der Waals surface area contributed by atoms with Gasteiger partial charge in [0.15, 0.2) is 5.82 Å². The van der Waals surface area contributed by atoms with E-state index in [2.05, 4.69) is 40.6 Å². The molecular weight excluding hydrogens is 386 g/mol. The highest BCUT2D eigenvalue weighted by Crippen LogP contribution is 2.25. The number of ether oxygens (including phenoxy) is 1. The molecule has 4 aromatic rings. The van der Waals surface area contributed by atoms with Gasteiger partial charge in [-0.05, 0) is 29.8 Å². The van der Waals surface area contributed by atoms with Crippen LogP contribution in [0.1, 0.15) is 11.1 Å². The number of nitrogens with zero attached hydrogens (tertiary/aromatic N) is 3. The predicted octanol–water partition coefficient (Wildman–Crippen LogP) is 2.72. The largest absolute Gasteiger partial charge is 0.370 e. The fourth-order valence-corrected chi connectivity index (χ4v) is 3.92. The van der Waals surface area contributed by atoms with Gasteiger partial charge in [-0.15, -0.1) is 0 Å². The van der Waals surface area contributed by atoms with E-state index in [1.807, 2.05) is 30.3 Å². The van der Waals surface area contributed by atoms with Gasteiger partial charge in [0.25, 0.3) is 0 Å². The fourth-order valence-electron chi connectivity index (χ4n) is 3.92. The van der Waals surface area contributed by atoms with Gasteiger partial charge in [0.1, 0.15) is 25.5 Å². The Labute approximate surface area is 181 Å². The van der Waals surface area contributed by atoms with Crippen LogP contribution in [0, 0.1) is 0 Å². The first kappa shape index (κ1) is 19.6. The number of pyridine rings is 1. The third-order valence-electron chi connectivity index (χ3n) is 5.66. The molecule has 5 rings (SSSR count). The highest BCUT2D eigenvalue weighted by Gasteiger charge is 2.14. The lowest BCUT2D eigenvalue weighted by atomic mass is 10.1. The lowest BCUT2D eigenvalue weighted by Crippen LogP contribution is -3.12. The molecular formula is C25H26N5O+. The summed E-state index contributed by atoms with van der Waals surface area (Å²) in [6, 6.07) is 20.9. The molecule has 0 atom stereocenters. The average molecular weight is 413 g/mol. The summed E-state index contributed by atoms with van der Waals surface area (Å²) in [4.78, 5) is 15.3. The van der Waals surface area contributed by atoms with Crippen molar-refractivity contribution < 1.29 is 9.64 Å². The van der Waals surface area contributed by atoms with Crippen LogP contribution in [0.5, 0.6) is 0 Å². The molecule has 1 aliphatic heterocycles. The first-order valence-corrected chi connectivity index (χ1v) is 10.8. The fraction of sp³-hybridized carbons (Fsp3) is 0.240. The molecule has 0 unspecified atom stereocenters. The van der Waals surface area contributed by atoms with Crippen molar-refractivity contribution in [1.29, 1.82) is 0 Å². The third kappa shape index (κ3) is 4.71. The molecule has 31 heavy (non-hydrogen) atoms. The number of benzene rings is 2. The van der Waals surface area contributed by atoms with Crippen LogP contribution in [-0.4, -0.2) is 41.3 Å². The zero-order valence-electron chi connectivity index (χ0n) is 17.4. The Morgan fingerprint density at radius 1 is 0.871 bits per heavy atom. The number of aromatic nitrogens is 3. The van der Waals surface area contributed by atoms with E-state index in [-0.39, 0.29) is 0 Å². The summed E-state index contributed by atoms with van der Waals surface area (Å²) >= 11 is 0. The van der Waals surface area contributed by atoms with Crippen LogP contribution in [0.2, 0.25) is 0 Å². The van der Waals surface area contributed by atoms with Gasteiger partial charge in [0.05, 0.1) is 18.7 Å². The number of nitrogens with one attached hydrogen (secondary N) is 2. The lowest BCUT2D eigenvalue weighted by molar-refractivity contribution is -0.921. The van der Waals surface area contributed by atoms with Crippen LogP contribution >= 0.6 is 0 Å². The van der Waals surface area contributed by atoms with Gasteiger partial charge >= 0.3 is 0 Å². The van der Waals surface area contributed by atoms with Crippen molar-refractivity contribution in [2.24, 2.45) is 0 Å². The summed E-state index contributed by atoms with van der Waals surface area (Å²) in [5.41, 5.74) is 4.42. The minimum absolute atomic E-state index is 0.679. The molecule has 156 valence electrons. The SMILES string of the molecule is c1cncc(-c2nc(NCc3ccc(C[NH+]4CCOCC4)cc3)c3ccccc3n2)c1. The van der Waals surface area contributed by atoms with E-state index < -0.39 is 0 Å². The Morgan fingerprint density at radius 2 is 1.68 bits per heavy atom. The Kier molecular flexibility index (Phi) is 5.82. The Hall–Kier alpha value is -3.35. The molecule has 0 radical (unpaired) electrons. The van der Waals surface area contributed by atoms with Crippen molar-refractivity contribution in [3.05, 3.63) is 84.2 Å². The number of quaternary nitrogens is 1. The standard InChI is InChI=1S/C25H25N5O/c1-2-6-23-22(5-1)25(29-24(28-23)21-4-3-11-26-17-21)27-16-19-7-9-20(10-8-19)18-30-12-14-31-15-13-30/h1-11,17H,12-16,18H2,(H,27,28,29)/p+1.